The van der Waals surface area contributed by atoms with Crippen LogP contribution in [-0.4, -0.2) is 28.3 Å². The van der Waals surface area contributed by atoms with Crippen LogP contribution in [0.2, 0.25) is 0 Å². The Balaban J connectivity index is 2.31. The molecule has 0 bridgehead atoms. The number of aromatic nitrogens is 2. The monoisotopic (exact) mass is 284 g/mol. The molecule has 0 amide bonds. The van der Waals surface area contributed by atoms with Gasteiger partial charge in [-0.3, -0.25) is 9.78 Å². The van der Waals surface area contributed by atoms with E-state index in [9.17, 15) is 13.6 Å². The summed E-state index contributed by atoms with van der Waals surface area (Å²) in [6.45, 7) is 1.66. The van der Waals surface area contributed by atoms with Crippen LogP contribution in [0.25, 0.3) is 11.0 Å². The molecule has 1 aromatic carbocycles. The second-order valence-electron chi connectivity index (χ2n) is 3.75. The van der Waals surface area contributed by atoms with Gasteiger partial charge < -0.3 is 4.74 Å². The summed E-state index contributed by atoms with van der Waals surface area (Å²) in [5.74, 6) is -2.34. The van der Waals surface area contributed by atoms with Crippen LogP contribution < -0.4 is 0 Å². The number of ether oxygens (including phenoxy) is 1. The lowest BCUT2D eigenvalue weighted by molar-refractivity contribution is -0.139. The van der Waals surface area contributed by atoms with Crippen molar-refractivity contribution in [2.24, 2.45) is 0 Å². The van der Waals surface area contributed by atoms with E-state index in [1.165, 1.54) is 13.3 Å². The average Bonchev–Trinajstić information content (AvgIpc) is 2.39. The highest BCUT2D eigenvalue weighted by Crippen LogP contribution is 2.24. The highest BCUT2D eigenvalue weighted by Gasteiger charge is 2.16. The van der Waals surface area contributed by atoms with Gasteiger partial charge in [-0.25, -0.2) is 13.8 Å². The van der Waals surface area contributed by atoms with Gasteiger partial charge in [-0.1, -0.05) is 11.8 Å². The largest absolute Gasteiger partial charge is 0.468 e. The molecule has 0 saturated heterocycles. The number of nitrogens with zero attached hydrogens (tertiary/aromatic N) is 2. The number of carbonyl (C=O) groups is 1. The lowest BCUT2D eigenvalue weighted by Gasteiger charge is -2.08. The second kappa shape index (κ2) is 5.48. The molecule has 0 aliphatic rings. The topological polar surface area (TPSA) is 52.1 Å². The maximum Gasteiger partial charge on any atom is 0.318 e. The van der Waals surface area contributed by atoms with E-state index in [4.69, 9.17) is 0 Å². The molecule has 0 aliphatic carbocycles. The number of hydrogen-bond donors (Lipinski definition) is 0. The van der Waals surface area contributed by atoms with Crippen LogP contribution in [0.15, 0.2) is 23.4 Å². The van der Waals surface area contributed by atoms with Crippen molar-refractivity contribution in [1.82, 2.24) is 9.97 Å². The molecule has 1 aromatic heterocycles. The van der Waals surface area contributed by atoms with Crippen molar-refractivity contribution in [1.29, 1.82) is 0 Å². The molecular weight excluding hydrogens is 274 g/mol. The molecule has 19 heavy (non-hydrogen) atoms. The molecule has 2 rings (SSSR count). The van der Waals surface area contributed by atoms with Crippen molar-refractivity contribution < 1.29 is 18.3 Å². The molecule has 0 N–H and O–H groups in total. The first-order valence-electron chi connectivity index (χ1n) is 5.37. The number of fused-ring (bicyclic) bond motifs is 1. The SMILES string of the molecule is COC(=O)C(C)Sc1cnc2cc(F)c(F)cc2n1. The number of rotatable bonds is 3. The van der Waals surface area contributed by atoms with Crippen LogP contribution in [0, 0.1) is 11.6 Å². The first kappa shape index (κ1) is 13.7. The van der Waals surface area contributed by atoms with Gasteiger partial charge in [0.25, 0.3) is 0 Å². The predicted octanol–water partition coefficient (Wildman–Crippen LogP) is 2.56. The summed E-state index contributed by atoms with van der Waals surface area (Å²) in [5, 5.41) is -0.0153. The van der Waals surface area contributed by atoms with E-state index in [0.29, 0.717) is 5.03 Å². The van der Waals surface area contributed by atoms with Gasteiger partial charge in [0.05, 0.1) is 24.3 Å². The molecule has 0 fully saturated rings. The van der Waals surface area contributed by atoms with E-state index in [0.717, 1.165) is 23.9 Å². The molecule has 1 unspecified atom stereocenters. The van der Waals surface area contributed by atoms with E-state index < -0.39 is 22.9 Å². The highest BCUT2D eigenvalue weighted by molar-refractivity contribution is 8.00. The summed E-state index contributed by atoms with van der Waals surface area (Å²) in [4.78, 5) is 19.4. The molecule has 100 valence electrons. The quantitative estimate of drug-likeness (QED) is 0.640. The normalized spacial score (nSPS) is 12.4. The van der Waals surface area contributed by atoms with Crippen LogP contribution in [0.1, 0.15) is 6.92 Å². The predicted molar refractivity (Wildman–Crippen MR) is 66.8 cm³/mol. The summed E-state index contributed by atoms with van der Waals surface area (Å²) >= 11 is 1.14. The first-order valence-corrected chi connectivity index (χ1v) is 6.25. The summed E-state index contributed by atoms with van der Waals surface area (Å²) in [5.41, 5.74) is 0.495. The fourth-order valence-corrected chi connectivity index (χ4v) is 2.26. The molecule has 0 aliphatic heterocycles. The zero-order valence-electron chi connectivity index (χ0n) is 10.2. The maximum atomic E-state index is 13.1. The number of benzene rings is 1. The zero-order chi connectivity index (χ0) is 14.0. The number of hydrogen-bond acceptors (Lipinski definition) is 5. The van der Waals surface area contributed by atoms with Crippen molar-refractivity contribution in [3.05, 3.63) is 30.0 Å². The Kier molecular flexibility index (Phi) is 3.94. The Hall–Kier alpha value is -1.76. The first-order chi connectivity index (χ1) is 9.01. The third kappa shape index (κ3) is 2.98. The number of carbonyl (C=O) groups excluding carboxylic acids is 1. The molecule has 0 spiro atoms. The molecule has 1 atom stereocenters. The summed E-state index contributed by atoms with van der Waals surface area (Å²) in [6.07, 6.45) is 1.41. The van der Waals surface area contributed by atoms with E-state index >= 15 is 0 Å². The van der Waals surface area contributed by atoms with Gasteiger partial charge in [0, 0.05) is 12.1 Å². The Morgan fingerprint density at radius 3 is 2.58 bits per heavy atom. The fraction of sp³-hybridized carbons (Fsp3) is 0.250. The molecule has 4 nitrogen and oxygen atoms in total. The van der Waals surface area contributed by atoms with Gasteiger partial charge in [0.1, 0.15) is 10.3 Å². The summed E-state index contributed by atoms with van der Waals surface area (Å²) in [7, 11) is 1.30. The molecule has 0 saturated carbocycles. The lowest BCUT2D eigenvalue weighted by atomic mass is 10.3. The van der Waals surface area contributed by atoms with Crippen molar-refractivity contribution in [3.8, 4) is 0 Å². The molecule has 2 aromatic rings. The van der Waals surface area contributed by atoms with Crippen molar-refractivity contribution in [2.75, 3.05) is 7.11 Å². The molecule has 7 heteroatoms. The minimum Gasteiger partial charge on any atom is -0.468 e. The fourth-order valence-electron chi connectivity index (χ4n) is 1.44. The van der Waals surface area contributed by atoms with Gasteiger partial charge in [-0.2, -0.15) is 0 Å². The van der Waals surface area contributed by atoms with Crippen LogP contribution in [0.5, 0.6) is 0 Å². The van der Waals surface area contributed by atoms with Gasteiger partial charge >= 0.3 is 5.97 Å². The van der Waals surface area contributed by atoms with Crippen LogP contribution in [-0.2, 0) is 9.53 Å². The molecule has 0 radical (unpaired) electrons. The maximum absolute atomic E-state index is 13.1. The summed E-state index contributed by atoms with van der Waals surface area (Å²) in [6, 6.07) is 1.96. The third-order valence-corrected chi connectivity index (χ3v) is 3.38. The van der Waals surface area contributed by atoms with Gasteiger partial charge in [-0.15, -0.1) is 0 Å². The number of halogens is 2. The average molecular weight is 284 g/mol. The number of esters is 1. The van der Waals surface area contributed by atoms with E-state index in [1.807, 2.05) is 0 Å². The van der Waals surface area contributed by atoms with Crippen LogP contribution in [0.4, 0.5) is 8.78 Å². The third-order valence-electron chi connectivity index (χ3n) is 2.39. The number of methoxy groups -OCH3 is 1. The number of thioether (sulfide) groups is 1. The van der Waals surface area contributed by atoms with Crippen molar-refractivity contribution in [2.45, 2.75) is 17.2 Å². The van der Waals surface area contributed by atoms with Gasteiger partial charge in [-0.05, 0) is 6.92 Å². The van der Waals surface area contributed by atoms with Gasteiger partial charge in [0.15, 0.2) is 11.6 Å². The molecule has 1 heterocycles. The van der Waals surface area contributed by atoms with E-state index in [-0.39, 0.29) is 11.0 Å². The smallest absolute Gasteiger partial charge is 0.318 e. The zero-order valence-corrected chi connectivity index (χ0v) is 11.0. The van der Waals surface area contributed by atoms with Crippen molar-refractivity contribution >= 4 is 28.8 Å². The minimum absolute atomic E-state index is 0.237. The highest BCUT2D eigenvalue weighted by atomic mass is 32.2. The van der Waals surface area contributed by atoms with Crippen LogP contribution in [0.3, 0.4) is 0 Å². The lowest BCUT2D eigenvalue weighted by Crippen LogP contribution is -2.14. The van der Waals surface area contributed by atoms with Crippen LogP contribution >= 0.6 is 11.8 Å². The molecular formula is C12H10F2N2O2S. The Morgan fingerprint density at radius 1 is 1.32 bits per heavy atom. The summed E-state index contributed by atoms with van der Waals surface area (Å²) < 4.78 is 30.7. The van der Waals surface area contributed by atoms with Crippen molar-refractivity contribution in [3.63, 3.8) is 0 Å². The minimum atomic E-state index is -0.982. The van der Waals surface area contributed by atoms with E-state index in [2.05, 4.69) is 14.7 Å². The Morgan fingerprint density at radius 2 is 1.95 bits per heavy atom. The Bertz CT molecular complexity index is 636. The second-order valence-corrected chi connectivity index (χ2v) is 5.11. The van der Waals surface area contributed by atoms with E-state index in [1.54, 1.807) is 6.92 Å². The standard InChI is InChI=1S/C12H10F2N2O2S/c1-6(12(17)18-2)19-11-5-15-9-3-7(13)8(14)4-10(9)16-11/h3-6H,1-2H3. The van der Waals surface area contributed by atoms with Gasteiger partial charge in [0.2, 0.25) is 0 Å². The Labute approximate surface area is 112 Å².